The van der Waals surface area contributed by atoms with Gasteiger partial charge in [-0.05, 0) is 46.7 Å². The van der Waals surface area contributed by atoms with Crippen LogP contribution in [-0.2, 0) is 16.2 Å². The molecule has 0 aromatic heterocycles. The van der Waals surface area contributed by atoms with Crippen LogP contribution >= 0.6 is 23.2 Å². The summed E-state index contributed by atoms with van der Waals surface area (Å²) in [6.45, 7) is 0.115. The van der Waals surface area contributed by atoms with E-state index in [-0.39, 0.29) is 23.6 Å². The summed E-state index contributed by atoms with van der Waals surface area (Å²) in [5.74, 6) is -1.48. The summed E-state index contributed by atoms with van der Waals surface area (Å²) in [5, 5.41) is 15.6. The van der Waals surface area contributed by atoms with Crippen molar-refractivity contribution in [1.29, 1.82) is 0 Å². The largest absolute Gasteiger partial charge is 0.488 e. The number of urea groups is 1. The SMILES string of the molecule is O=C1NC(=O)N(c2cccc([N+](=O)[O-])c2)C(=O)/C1=C/c1c(OCc2ccc(Cl)c(Cl)c2)ccc2ccccc12. The number of carbonyl (C=O) groups is 3. The van der Waals surface area contributed by atoms with Crippen molar-refractivity contribution in [3.05, 3.63) is 116 Å². The number of anilines is 1. The molecule has 39 heavy (non-hydrogen) atoms. The van der Waals surface area contributed by atoms with Crippen molar-refractivity contribution in [2.75, 3.05) is 4.90 Å². The van der Waals surface area contributed by atoms with Crippen LogP contribution < -0.4 is 15.0 Å². The van der Waals surface area contributed by atoms with Gasteiger partial charge in [0.1, 0.15) is 17.9 Å². The van der Waals surface area contributed by atoms with Gasteiger partial charge in [-0.25, -0.2) is 9.69 Å². The van der Waals surface area contributed by atoms with Gasteiger partial charge in [0.25, 0.3) is 17.5 Å². The number of hydrogen-bond acceptors (Lipinski definition) is 6. The van der Waals surface area contributed by atoms with Crippen molar-refractivity contribution in [2.24, 2.45) is 0 Å². The summed E-state index contributed by atoms with van der Waals surface area (Å²) in [6, 6.07) is 19.9. The average Bonchev–Trinajstić information content (AvgIpc) is 2.92. The lowest BCUT2D eigenvalue weighted by atomic mass is 9.99. The van der Waals surface area contributed by atoms with Crippen LogP contribution in [0.3, 0.4) is 0 Å². The molecule has 11 heteroatoms. The summed E-state index contributed by atoms with van der Waals surface area (Å²) in [4.78, 5) is 50.2. The number of amides is 4. The summed E-state index contributed by atoms with van der Waals surface area (Å²) in [5.41, 5.74) is 0.448. The summed E-state index contributed by atoms with van der Waals surface area (Å²) in [7, 11) is 0. The molecule has 0 atom stereocenters. The quantitative estimate of drug-likeness (QED) is 0.128. The maximum atomic E-state index is 13.5. The second kappa shape index (κ2) is 10.6. The number of hydrogen-bond donors (Lipinski definition) is 1. The lowest BCUT2D eigenvalue weighted by Gasteiger charge is -2.26. The number of carbonyl (C=O) groups excluding carboxylic acids is 3. The molecule has 0 unspecified atom stereocenters. The van der Waals surface area contributed by atoms with E-state index >= 15 is 0 Å². The molecule has 4 aromatic carbocycles. The van der Waals surface area contributed by atoms with E-state index in [1.54, 1.807) is 30.3 Å². The van der Waals surface area contributed by atoms with Crippen LogP contribution in [0.25, 0.3) is 16.8 Å². The van der Waals surface area contributed by atoms with Gasteiger partial charge in [-0.3, -0.25) is 25.0 Å². The van der Waals surface area contributed by atoms with Crippen molar-refractivity contribution in [1.82, 2.24) is 5.32 Å². The molecule has 1 saturated heterocycles. The summed E-state index contributed by atoms with van der Waals surface area (Å²) in [6.07, 6.45) is 1.35. The highest BCUT2D eigenvalue weighted by molar-refractivity contribution is 6.42. The monoisotopic (exact) mass is 561 g/mol. The van der Waals surface area contributed by atoms with Gasteiger partial charge in [0.15, 0.2) is 0 Å². The van der Waals surface area contributed by atoms with Gasteiger partial charge >= 0.3 is 6.03 Å². The molecule has 0 spiro atoms. The Labute approximate surface area is 231 Å². The lowest BCUT2D eigenvalue weighted by molar-refractivity contribution is -0.384. The van der Waals surface area contributed by atoms with Crippen molar-refractivity contribution in [2.45, 2.75) is 6.61 Å². The van der Waals surface area contributed by atoms with Gasteiger partial charge in [0.2, 0.25) is 0 Å². The lowest BCUT2D eigenvalue weighted by Crippen LogP contribution is -2.54. The topological polar surface area (TPSA) is 119 Å². The second-order valence-electron chi connectivity index (χ2n) is 8.47. The van der Waals surface area contributed by atoms with Crippen LogP contribution in [0, 0.1) is 10.1 Å². The second-order valence-corrected chi connectivity index (χ2v) is 9.28. The number of imide groups is 2. The van der Waals surface area contributed by atoms with E-state index in [4.69, 9.17) is 27.9 Å². The molecule has 194 valence electrons. The zero-order valence-corrected chi connectivity index (χ0v) is 21.4. The molecule has 0 saturated carbocycles. The molecule has 0 radical (unpaired) electrons. The highest BCUT2D eigenvalue weighted by atomic mass is 35.5. The maximum Gasteiger partial charge on any atom is 0.335 e. The molecular weight excluding hydrogens is 545 g/mol. The zero-order valence-electron chi connectivity index (χ0n) is 19.9. The van der Waals surface area contributed by atoms with E-state index in [0.717, 1.165) is 17.0 Å². The minimum absolute atomic E-state index is 0.0564. The van der Waals surface area contributed by atoms with E-state index in [2.05, 4.69) is 5.32 Å². The van der Waals surface area contributed by atoms with E-state index in [1.807, 2.05) is 24.3 Å². The first-order valence-electron chi connectivity index (χ1n) is 11.5. The third kappa shape index (κ3) is 5.18. The first kappa shape index (κ1) is 25.9. The highest BCUT2D eigenvalue weighted by Crippen LogP contribution is 2.33. The van der Waals surface area contributed by atoms with Crippen molar-refractivity contribution in [3.8, 4) is 5.75 Å². The fourth-order valence-corrected chi connectivity index (χ4v) is 4.44. The van der Waals surface area contributed by atoms with Crippen molar-refractivity contribution in [3.63, 3.8) is 0 Å². The third-order valence-electron chi connectivity index (χ3n) is 6.00. The van der Waals surface area contributed by atoms with Gasteiger partial charge in [-0.1, -0.05) is 65.7 Å². The fraction of sp³-hybridized carbons (Fsp3) is 0.0357. The Bertz CT molecular complexity index is 1720. The van der Waals surface area contributed by atoms with Gasteiger partial charge in [0, 0.05) is 17.7 Å². The van der Waals surface area contributed by atoms with Crippen LogP contribution in [0.2, 0.25) is 10.0 Å². The zero-order chi connectivity index (χ0) is 27.7. The Morgan fingerprint density at radius 1 is 0.923 bits per heavy atom. The number of halogens is 2. The molecule has 0 bridgehead atoms. The standard InChI is InChI=1S/C28H17Cl2N3O6/c29-23-10-8-16(12-24(23)30)15-39-25-11-9-17-4-1-2-7-20(17)21(25)14-22-26(34)31-28(36)32(27(22)35)18-5-3-6-19(13-18)33(37)38/h1-14H,15H2,(H,31,34,36)/b22-14+. The number of barbiturate groups is 1. The molecule has 4 amide bonds. The first-order valence-corrected chi connectivity index (χ1v) is 12.2. The number of nitrogens with zero attached hydrogens (tertiary/aromatic N) is 2. The predicted molar refractivity (Wildman–Crippen MR) is 147 cm³/mol. The highest BCUT2D eigenvalue weighted by Gasteiger charge is 2.37. The van der Waals surface area contributed by atoms with Crippen molar-refractivity contribution >= 4 is 69.3 Å². The third-order valence-corrected chi connectivity index (χ3v) is 6.74. The summed E-state index contributed by atoms with van der Waals surface area (Å²) < 4.78 is 6.07. The molecule has 5 rings (SSSR count). The normalized spacial score (nSPS) is 14.6. The van der Waals surface area contributed by atoms with Gasteiger partial charge in [-0.2, -0.15) is 0 Å². The number of non-ortho nitro benzene ring substituents is 1. The Hall–Kier alpha value is -4.73. The van der Waals surface area contributed by atoms with E-state index < -0.39 is 22.8 Å². The number of benzene rings is 4. The Morgan fingerprint density at radius 2 is 1.72 bits per heavy atom. The minimum atomic E-state index is -1.02. The molecule has 1 heterocycles. The molecule has 9 nitrogen and oxygen atoms in total. The number of nitro groups is 1. The Kier molecular flexibility index (Phi) is 7.02. The average molecular weight is 562 g/mol. The number of fused-ring (bicyclic) bond motifs is 1. The maximum absolute atomic E-state index is 13.5. The van der Waals surface area contributed by atoms with Gasteiger partial charge in [0.05, 0.1) is 20.7 Å². The molecule has 4 aromatic rings. The first-order chi connectivity index (χ1) is 18.7. The van der Waals surface area contributed by atoms with Crippen LogP contribution in [0.1, 0.15) is 11.1 Å². The van der Waals surface area contributed by atoms with Crippen molar-refractivity contribution < 1.29 is 24.0 Å². The van der Waals surface area contributed by atoms with E-state index in [9.17, 15) is 24.5 Å². The van der Waals surface area contributed by atoms with Gasteiger partial charge in [-0.15, -0.1) is 0 Å². The molecule has 1 aliphatic heterocycles. The number of nitrogens with one attached hydrogen (secondary N) is 1. The van der Waals surface area contributed by atoms with Crippen LogP contribution in [0.15, 0.2) is 84.4 Å². The number of ether oxygens (including phenoxy) is 1. The fourth-order valence-electron chi connectivity index (χ4n) is 4.12. The Balaban J connectivity index is 1.57. The smallest absolute Gasteiger partial charge is 0.335 e. The number of nitro benzene ring substituents is 1. The van der Waals surface area contributed by atoms with Gasteiger partial charge < -0.3 is 4.74 Å². The summed E-state index contributed by atoms with van der Waals surface area (Å²) >= 11 is 12.1. The van der Waals surface area contributed by atoms with E-state index in [1.165, 1.54) is 24.3 Å². The van der Waals surface area contributed by atoms with Crippen LogP contribution in [0.4, 0.5) is 16.2 Å². The molecule has 0 aliphatic carbocycles. The molecular formula is C28H17Cl2N3O6. The minimum Gasteiger partial charge on any atom is -0.488 e. The predicted octanol–water partition coefficient (Wildman–Crippen LogP) is 6.30. The molecule has 1 N–H and O–H groups in total. The van der Waals surface area contributed by atoms with E-state index in [0.29, 0.717) is 31.6 Å². The number of rotatable bonds is 6. The Morgan fingerprint density at radius 3 is 2.49 bits per heavy atom. The molecule has 1 aliphatic rings. The van der Waals surface area contributed by atoms with Crippen LogP contribution in [-0.4, -0.2) is 22.8 Å². The van der Waals surface area contributed by atoms with Crippen LogP contribution in [0.5, 0.6) is 5.75 Å². The molecule has 1 fully saturated rings.